The molecule has 0 aliphatic heterocycles. The zero-order valence-electron chi connectivity index (χ0n) is 10.7. The molecule has 1 aromatic rings. The van der Waals surface area contributed by atoms with Gasteiger partial charge in [-0.05, 0) is 19.4 Å². The van der Waals surface area contributed by atoms with Crippen molar-refractivity contribution in [1.82, 2.24) is 4.57 Å². The summed E-state index contributed by atoms with van der Waals surface area (Å²) in [6, 6.07) is 0. The molecule has 1 N–H and O–H groups in total. The van der Waals surface area contributed by atoms with Crippen molar-refractivity contribution in [3.8, 4) is 0 Å². The van der Waals surface area contributed by atoms with Crippen LogP contribution < -0.4 is 4.80 Å². The number of carboxylic acids is 1. The first-order valence-electron chi connectivity index (χ1n) is 5.88. The van der Waals surface area contributed by atoms with Gasteiger partial charge in [-0.2, -0.15) is 0 Å². The summed E-state index contributed by atoms with van der Waals surface area (Å²) in [5, 5.41) is 11.0. The number of allylic oxidation sites excluding steroid dienone is 3. The summed E-state index contributed by atoms with van der Waals surface area (Å²) in [6.07, 6.45) is 7.81. The predicted octanol–water partition coefficient (Wildman–Crippen LogP) is 2.53. The molecule has 4 nitrogen and oxygen atoms in total. The van der Waals surface area contributed by atoms with Crippen molar-refractivity contribution in [3.05, 3.63) is 40.3 Å². The first kappa shape index (κ1) is 14.1. The minimum atomic E-state index is -0.891. The van der Waals surface area contributed by atoms with Crippen LogP contribution >= 0.6 is 22.9 Å². The molecule has 1 aromatic heterocycles. The number of rotatable bonds is 3. The average Bonchev–Trinajstić information content (AvgIpc) is 2.77. The predicted molar refractivity (Wildman–Crippen MR) is 76.1 cm³/mol. The smallest absolute Gasteiger partial charge is 0.308 e. The first-order chi connectivity index (χ1) is 8.92. The number of aryl methyl sites for hydroxylation is 1. The highest BCUT2D eigenvalue weighted by molar-refractivity contribution is 7.07. The number of alkyl halides is 1. The number of hydrogen-bond donors (Lipinski definition) is 1. The normalized spacial score (nSPS) is 25.2. The van der Waals surface area contributed by atoms with Gasteiger partial charge in [-0.1, -0.05) is 12.2 Å². The van der Waals surface area contributed by atoms with E-state index in [9.17, 15) is 4.79 Å². The summed E-state index contributed by atoms with van der Waals surface area (Å²) in [7, 11) is 1.93. The maximum absolute atomic E-state index is 11.0. The van der Waals surface area contributed by atoms with Crippen LogP contribution in [0.2, 0.25) is 0 Å². The summed E-state index contributed by atoms with van der Waals surface area (Å²) in [5.74, 6) is -1.53. The third-order valence-electron chi connectivity index (χ3n) is 3.23. The standard InChI is InChI=1S/C13H15ClN2O2S/c1-9(11(17)18)13(14)5-3-10(4-6-13)15-12-16(2)7-8-19-12/h3-5,7-9H,6H2,1-2H3,(H,17,18)/b15-12-. The van der Waals surface area contributed by atoms with Gasteiger partial charge in [-0.3, -0.25) is 4.79 Å². The molecule has 6 heteroatoms. The highest BCUT2D eigenvalue weighted by Crippen LogP contribution is 2.35. The van der Waals surface area contributed by atoms with Gasteiger partial charge in [0.2, 0.25) is 0 Å². The molecule has 0 spiro atoms. The Labute approximate surface area is 120 Å². The van der Waals surface area contributed by atoms with E-state index in [-0.39, 0.29) is 0 Å². The highest BCUT2D eigenvalue weighted by Gasteiger charge is 2.36. The Balaban J connectivity index is 2.21. The van der Waals surface area contributed by atoms with Gasteiger partial charge in [0.05, 0.1) is 16.5 Å². The number of carboxylic acid groups (broad SMARTS) is 1. The molecule has 2 atom stereocenters. The molecule has 1 heterocycles. The second-order valence-corrected chi connectivity index (χ2v) is 6.14. The van der Waals surface area contributed by atoms with Crippen LogP contribution in [0.4, 0.5) is 0 Å². The van der Waals surface area contributed by atoms with E-state index in [0.29, 0.717) is 6.42 Å². The van der Waals surface area contributed by atoms with Gasteiger partial charge < -0.3 is 9.67 Å². The molecular formula is C13H15ClN2O2S. The van der Waals surface area contributed by atoms with Crippen LogP contribution in [-0.2, 0) is 11.8 Å². The Kier molecular flexibility index (Phi) is 3.96. The number of aliphatic carboxylic acids is 1. The lowest BCUT2D eigenvalue weighted by Crippen LogP contribution is -2.34. The van der Waals surface area contributed by atoms with E-state index in [1.165, 1.54) is 0 Å². The van der Waals surface area contributed by atoms with Crippen molar-refractivity contribution in [2.75, 3.05) is 0 Å². The minimum absolute atomic E-state index is 0.465. The number of aromatic nitrogens is 1. The SMILES string of the molecule is CC(C(=O)O)C1(Cl)C=CC(/N=c2\sccn2C)=CC1. The minimum Gasteiger partial charge on any atom is -0.481 e. The fourth-order valence-electron chi connectivity index (χ4n) is 1.78. The van der Waals surface area contributed by atoms with Gasteiger partial charge in [0, 0.05) is 18.6 Å². The molecule has 1 aliphatic carbocycles. The van der Waals surface area contributed by atoms with Crippen molar-refractivity contribution in [2.45, 2.75) is 18.2 Å². The van der Waals surface area contributed by atoms with Crippen LogP contribution in [0.3, 0.4) is 0 Å². The summed E-state index contributed by atoms with van der Waals surface area (Å²) in [5.41, 5.74) is 0.812. The molecule has 0 aromatic carbocycles. The number of thiazole rings is 1. The van der Waals surface area contributed by atoms with Crippen LogP contribution in [0.1, 0.15) is 13.3 Å². The molecule has 0 amide bonds. The largest absolute Gasteiger partial charge is 0.481 e. The molecule has 0 bridgehead atoms. The van der Waals surface area contributed by atoms with Gasteiger partial charge in [0.25, 0.3) is 0 Å². The molecule has 2 unspecified atom stereocenters. The molecule has 0 fully saturated rings. The van der Waals surface area contributed by atoms with Gasteiger partial charge in [0.15, 0.2) is 4.80 Å². The highest BCUT2D eigenvalue weighted by atomic mass is 35.5. The molecule has 2 rings (SSSR count). The molecular weight excluding hydrogens is 284 g/mol. The Morgan fingerprint density at radius 2 is 2.42 bits per heavy atom. The van der Waals surface area contributed by atoms with E-state index >= 15 is 0 Å². The molecule has 102 valence electrons. The van der Waals surface area contributed by atoms with E-state index in [2.05, 4.69) is 4.99 Å². The molecule has 19 heavy (non-hydrogen) atoms. The molecule has 0 saturated heterocycles. The zero-order valence-corrected chi connectivity index (χ0v) is 12.3. The topological polar surface area (TPSA) is 54.6 Å². The number of halogens is 1. The van der Waals surface area contributed by atoms with E-state index < -0.39 is 16.8 Å². The first-order valence-corrected chi connectivity index (χ1v) is 7.14. The van der Waals surface area contributed by atoms with Crippen molar-refractivity contribution >= 4 is 28.9 Å². The van der Waals surface area contributed by atoms with Gasteiger partial charge in [0.1, 0.15) is 0 Å². The fourth-order valence-corrected chi connectivity index (χ4v) is 2.76. The summed E-state index contributed by atoms with van der Waals surface area (Å²) in [4.78, 5) is 15.6. The maximum Gasteiger partial charge on any atom is 0.308 e. The lowest BCUT2D eigenvalue weighted by atomic mass is 9.86. The number of nitrogens with zero attached hydrogens (tertiary/aromatic N) is 2. The van der Waals surface area contributed by atoms with Crippen molar-refractivity contribution in [3.63, 3.8) is 0 Å². The van der Waals surface area contributed by atoms with Crippen LogP contribution in [0.25, 0.3) is 0 Å². The van der Waals surface area contributed by atoms with Crippen molar-refractivity contribution < 1.29 is 9.90 Å². The quantitative estimate of drug-likeness (QED) is 0.872. The lowest BCUT2D eigenvalue weighted by Gasteiger charge is -2.28. The van der Waals surface area contributed by atoms with Crippen LogP contribution in [0, 0.1) is 5.92 Å². The molecule has 0 radical (unpaired) electrons. The second-order valence-electron chi connectivity index (χ2n) is 4.56. The van der Waals surface area contributed by atoms with Crippen LogP contribution in [0.5, 0.6) is 0 Å². The molecule has 0 saturated carbocycles. The van der Waals surface area contributed by atoms with E-state index in [1.54, 1.807) is 30.4 Å². The summed E-state index contributed by atoms with van der Waals surface area (Å²) < 4.78 is 1.93. The van der Waals surface area contributed by atoms with Gasteiger partial charge in [-0.25, -0.2) is 4.99 Å². The fraction of sp³-hybridized carbons (Fsp3) is 0.385. The third-order valence-corrected chi connectivity index (χ3v) is 4.69. The Morgan fingerprint density at radius 1 is 1.68 bits per heavy atom. The van der Waals surface area contributed by atoms with Crippen LogP contribution in [-0.4, -0.2) is 20.5 Å². The average molecular weight is 299 g/mol. The second kappa shape index (κ2) is 5.35. The van der Waals surface area contributed by atoms with E-state index in [0.717, 1.165) is 10.5 Å². The van der Waals surface area contributed by atoms with Gasteiger partial charge in [-0.15, -0.1) is 22.9 Å². The van der Waals surface area contributed by atoms with Crippen molar-refractivity contribution in [1.29, 1.82) is 0 Å². The van der Waals surface area contributed by atoms with E-state index in [1.807, 2.05) is 29.3 Å². The zero-order chi connectivity index (χ0) is 14.0. The Bertz CT molecular complexity index is 614. The van der Waals surface area contributed by atoms with Gasteiger partial charge >= 0.3 is 5.97 Å². The Morgan fingerprint density at radius 3 is 2.89 bits per heavy atom. The maximum atomic E-state index is 11.0. The summed E-state index contributed by atoms with van der Waals surface area (Å²) in [6.45, 7) is 1.62. The van der Waals surface area contributed by atoms with Crippen molar-refractivity contribution in [2.24, 2.45) is 18.0 Å². The van der Waals surface area contributed by atoms with Crippen LogP contribution in [0.15, 0.2) is 40.5 Å². The number of hydrogen-bond acceptors (Lipinski definition) is 3. The number of carbonyl (C=O) groups is 1. The van der Waals surface area contributed by atoms with E-state index in [4.69, 9.17) is 16.7 Å². The Hall–Kier alpha value is -1.33. The lowest BCUT2D eigenvalue weighted by molar-refractivity contribution is -0.141. The molecule has 1 aliphatic rings. The third kappa shape index (κ3) is 2.98. The monoisotopic (exact) mass is 298 g/mol. The summed E-state index contributed by atoms with van der Waals surface area (Å²) >= 11 is 7.89.